The van der Waals surface area contributed by atoms with E-state index >= 15 is 0 Å². The lowest BCUT2D eigenvalue weighted by Gasteiger charge is -2.44. The van der Waals surface area contributed by atoms with Gasteiger partial charge in [0.15, 0.2) is 0 Å². The van der Waals surface area contributed by atoms with Crippen molar-refractivity contribution >= 4 is 47.0 Å². The minimum absolute atomic E-state index is 0.107. The van der Waals surface area contributed by atoms with Crippen molar-refractivity contribution in [2.45, 2.75) is 52.5 Å². The number of phenolic OH excluding ortho intramolecular Hbond substituents is 1. The van der Waals surface area contributed by atoms with E-state index in [0.717, 1.165) is 28.3 Å². The molecule has 36 heavy (non-hydrogen) atoms. The summed E-state index contributed by atoms with van der Waals surface area (Å²) in [6.45, 7) is 6.06. The van der Waals surface area contributed by atoms with Crippen molar-refractivity contribution in [3.05, 3.63) is 45.0 Å². The van der Waals surface area contributed by atoms with Crippen LogP contribution in [0.4, 0.5) is 4.79 Å². The van der Waals surface area contributed by atoms with Gasteiger partial charge in [-0.25, -0.2) is 4.79 Å². The largest absolute Gasteiger partial charge is 0.507 e. The number of carbonyl (C=O) groups is 3. The van der Waals surface area contributed by atoms with Crippen LogP contribution in [0.25, 0.3) is 6.08 Å². The summed E-state index contributed by atoms with van der Waals surface area (Å²) in [5.74, 6) is -2.55. The van der Waals surface area contributed by atoms with E-state index in [4.69, 9.17) is 9.39 Å². The average molecular weight is 560 g/mol. The fraction of sp³-hybridized carbons (Fsp3) is 0.500. The molecule has 3 amide bonds. The maximum absolute atomic E-state index is 13.2. The van der Waals surface area contributed by atoms with Gasteiger partial charge < -0.3 is 19.5 Å². The van der Waals surface area contributed by atoms with E-state index < -0.39 is 43.0 Å². The van der Waals surface area contributed by atoms with E-state index in [-0.39, 0.29) is 23.9 Å². The molecule has 2 aliphatic heterocycles. The molecule has 0 unspecified atom stereocenters. The van der Waals surface area contributed by atoms with Gasteiger partial charge >= 0.3 is 13.2 Å². The molecule has 1 aromatic rings. The van der Waals surface area contributed by atoms with Gasteiger partial charge in [-0.05, 0) is 68.1 Å². The fourth-order valence-corrected chi connectivity index (χ4v) is 6.24. The summed E-state index contributed by atoms with van der Waals surface area (Å²) in [7, 11) is 0.0656. The molecule has 8 nitrogen and oxygen atoms in total. The molecule has 0 aromatic heterocycles. The van der Waals surface area contributed by atoms with E-state index in [0.29, 0.717) is 29.7 Å². The van der Waals surface area contributed by atoms with Gasteiger partial charge in [0.1, 0.15) is 5.75 Å². The normalized spacial score (nSPS) is 26.5. The van der Waals surface area contributed by atoms with E-state index in [1.54, 1.807) is 12.1 Å². The highest BCUT2D eigenvalue weighted by Crippen LogP contribution is 2.52. The number of carbonyl (C=O) groups excluding carboxylic acids is 3. The molecule has 2 N–H and O–H groups in total. The van der Waals surface area contributed by atoms with E-state index in [9.17, 15) is 24.5 Å². The lowest BCUT2D eigenvalue weighted by Crippen LogP contribution is -2.46. The number of fused-ring (bicyclic) bond motifs is 3. The molecule has 0 radical (unpaired) electrons. The van der Waals surface area contributed by atoms with Crippen LogP contribution in [-0.2, 0) is 19.0 Å². The Morgan fingerprint density at radius 1 is 1.31 bits per heavy atom. The first kappa shape index (κ1) is 26.6. The first-order chi connectivity index (χ1) is 17.0. The number of hydrogen-bond acceptors (Lipinski definition) is 7. The number of imide groups is 3. The van der Waals surface area contributed by atoms with Gasteiger partial charge in [-0.1, -0.05) is 47.0 Å². The van der Waals surface area contributed by atoms with Gasteiger partial charge in [0, 0.05) is 10.0 Å². The minimum Gasteiger partial charge on any atom is -0.507 e. The van der Waals surface area contributed by atoms with Gasteiger partial charge in [0.05, 0.1) is 25.0 Å². The topological polar surface area (TPSA) is 113 Å². The highest BCUT2D eigenvalue weighted by molar-refractivity contribution is 9.10. The second kappa shape index (κ2) is 10.5. The van der Waals surface area contributed by atoms with Crippen molar-refractivity contribution in [2.24, 2.45) is 23.7 Å². The van der Waals surface area contributed by atoms with E-state index in [1.807, 2.05) is 32.9 Å². The van der Waals surface area contributed by atoms with E-state index in [2.05, 4.69) is 15.9 Å². The van der Waals surface area contributed by atoms with Crippen LogP contribution in [0.3, 0.4) is 0 Å². The Kier molecular flexibility index (Phi) is 7.78. The molecule has 1 aromatic carbocycles. The Bertz CT molecular complexity index is 1150. The number of rotatable bonds is 5. The van der Waals surface area contributed by atoms with Crippen LogP contribution in [0.2, 0.25) is 6.32 Å². The van der Waals surface area contributed by atoms with Crippen LogP contribution in [-0.4, -0.2) is 53.3 Å². The summed E-state index contributed by atoms with van der Waals surface area (Å²) in [4.78, 5) is 39.1. The third-order valence-electron chi connectivity index (χ3n) is 7.49. The zero-order valence-corrected chi connectivity index (χ0v) is 22.4. The molecular formula is C26H31BBrNO7. The molecule has 2 saturated heterocycles. The molecule has 192 valence electrons. The maximum atomic E-state index is 13.2. The Balaban J connectivity index is 1.63. The van der Waals surface area contributed by atoms with Gasteiger partial charge in [-0.15, -0.1) is 0 Å². The first-order valence-corrected chi connectivity index (χ1v) is 13.0. The quantitative estimate of drug-likeness (QED) is 0.309. The molecule has 3 aliphatic rings. The summed E-state index contributed by atoms with van der Waals surface area (Å²) in [6.07, 6.45) is 2.30. The van der Waals surface area contributed by atoms with Crippen LogP contribution >= 0.6 is 15.9 Å². The first-order valence-electron chi connectivity index (χ1n) is 12.2. The summed E-state index contributed by atoms with van der Waals surface area (Å²) < 4.78 is 11.6. The number of benzene rings is 1. The third-order valence-corrected chi connectivity index (χ3v) is 7.98. The van der Waals surface area contributed by atoms with Crippen molar-refractivity contribution in [1.29, 1.82) is 0 Å². The Morgan fingerprint density at radius 2 is 2.03 bits per heavy atom. The lowest BCUT2D eigenvalue weighted by atomic mass is 9.57. The standard InChI is InChI=1S/C26H31BBrNO7/c1-13(2)17-11-18-23(25(32)29(24(18)31)26(33)35-4)19-12-27(34)36-21(22(17)19)8-5-14(3)9-15-10-16(28)6-7-20(15)30/h6-7,9-10,13,18-19,21,23,30,34H,5,8,11-12H2,1-4H3/b14-9+/t18-,19+,21-,23-/m1/s1. The fourth-order valence-electron chi connectivity index (χ4n) is 5.86. The molecule has 4 rings (SSSR count). The molecule has 2 fully saturated rings. The number of halogens is 1. The van der Waals surface area contributed by atoms with Crippen LogP contribution in [0.1, 0.15) is 45.6 Å². The van der Waals surface area contributed by atoms with Crippen molar-refractivity contribution in [3.63, 3.8) is 0 Å². The third kappa shape index (κ3) is 4.90. The predicted molar refractivity (Wildman–Crippen MR) is 138 cm³/mol. The average Bonchev–Trinajstić information content (AvgIpc) is 3.08. The molecule has 4 atom stereocenters. The second-order valence-electron chi connectivity index (χ2n) is 10.1. The Morgan fingerprint density at radius 3 is 2.69 bits per heavy atom. The van der Waals surface area contributed by atoms with Crippen LogP contribution < -0.4 is 0 Å². The molecule has 10 heteroatoms. The summed E-state index contributed by atoms with van der Waals surface area (Å²) in [6, 6.07) is 5.24. The minimum atomic E-state index is -1.08. The SMILES string of the molecule is COC(=O)N1C(=O)[C@@H]2[C@@H](CC(C(C)C)=C3[C@@H](CC/C(C)=C/c4cc(Br)ccc4O)OB(O)C[C@@H]32)C1=O. The number of amides is 3. The van der Waals surface area contributed by atoms with Crippen molar-refractivity contribution < 1.29 is 33.9 Å². The summed E-state index contributed by atoms with van der Waals surface area (Å²) in [5, 5.41) is 20.8. The van der Waals surface area contributed by atoms with Crippen LogP contribution in [0, 0.1) is 23.7 Å². The Hall–Kier alpha value is -2.43. The smallest absolute Gasteiger partial charge is 0.455 e. The number of phenols is 1. The van der Waals surface area contributed by atoms with Crippen molar-refractivity contribution in [2.75, 3.05) is 7.11 Å². The van der Waals surface area contributed by atoms with Gasteiger partial charge in [-0.2, -0.15) is 4.90 Å². The van der Waals surface area contributed by atoms with Gasteiger partial charge in [0.25, 0.3) is 0 Å². The number of hydrogen-bond donors (Lipinski definition) is 2. The summed E-state index contributed by atoms with van der Waals surface area (Å²) in [5.41, 5.74) is 3.75. The van der Waals surface area contributed by atoms with Gasteiger partial charge in [-0.3, -0.25) is 9.59 Å². The number of allylic oxidation sites excluding steroid dienone is 2. The van der Waals surface area contributed by atoms with Crippen molar-refractivity contribution in [3.8, 4) is 5.75 Å². The number of aromatic hydroxyl groups is 1. The lowest BCUT2D eigenvalue weighted by molar-refractivity contribution is -0.137. The number of nitrogens with zero attached hydrogens (tertiary/aromatic N) is 1. The monoisotopic (exact) mass is 559 g/mol. The maximum Gasteiger partial charge on any atom is 0.455 e. The van der Waals surface area contributed by atoms with Gasteiger partial charge in [0.2, 0.25) is 11.8 Å². The Labute approximate surface area is 219 Å². The highest BCUT2D eigenvalue weighted by Gasteiger charge is 2.59. The zero-order valence-electron chi connectivity index (χ0n) is 20.9. The summed E-state index contributed by atoms with van der Waals surface area (Å²) >= 11 is 3.42. The highest BCUT2D eigenvalue weighted by atomic mass is 79.9. The van der Waals surface area contributed by atoms with E-state index in [1.165, 1.54) is 0 Å². The zero-order chi connectivity index (χ0) is 26.3. The number of ether oxygens (including phenoxy) is 1. The molecular weight excluding hydrogens is 529 g/mol. The van der Waals surface area contributed by atoms with Crippen LogP contribution in [0.5, 0.6) is 5.75 Å². The van der Waals surface area contributed by atoms with Crippen molar-refractivity contribution in [1.82, 2.24) is 4.90 Å². The molecule has 0 saturated carbocycles. The number of methoxy groups -OCH3 is 1. The predicted octanol–water partition coefficient (Wildman–Crippen LogP) is 4.56. The number of likely N-dealkylation sites (tertiary alicyclic amines) is 1. The molecule has 0 spiro atoms. The molecule has 1 aliphatic carbocycles. The van der Waals surface area contributed by atoms with Crippen LogP contribution in [0.15, 0.2) is 39.4 Å². The molecule has 0 bridgehead atoms. The second-order valence-corrected chi connectivity index (χ2v) is 11.0. The molecule has 2 heterocycles.